The Morgan fingerprint density at radius 1 is 1.20 bits per heavy atom. The number of nitrogens with one attached hydrogen (secondary N) is 1. The minimum atomic E-state index is -3.94. The number of nitrogens with zero attached hydrogens (tertiary/aromatic N) is 2. The number of hydrogen-bond acceptors (Lipinski definition) is 6. The van der Waals surface area contributed by atoms with Gasteiger partial charge in [-0.15, -0.1) is 0 Å². The maximum atomic E-state index is 13.3. The van der Waals surface area contributed by atoms with Gasteiger partial charge in [-0.05, 0) is 43.9 Å². The number of ether oxygens (including phenoxy) is 1. The first-order valence-electron chi connectivity index (χ1n) is 9.37. The number of nitro groups is 1. The maximum absolute atomic E-state index is 13.3. The van der Waals surface area contributed by atoms with E-state index in [0.717, 1.165) is 0 Å². The van der Waals surface area contributed by atoms with Gasteiger partial charge in [0.1, 0.15) is 11.8 Å². The summed E-state index contributed by atoms with van der Waals surface area (Å²) in [4.78, 5) is 23.5. The number of benzene rings is 2. The Morgan fingerprint density at radius 3 is 2.57 bits per heavy atom. The van der Waals surface area contributed by atoms with Crippen LogP contribution in [0.3, 0.4) is 0 Å². The molecule has 9 nitrogen and oxygen atoms in total. The van der Waals surface area contributed by atoms with Crippen LogP contribution in [-0.2, 0) is 14.8 Å². The van der Waals surface area contributed by atoms with Crippen LogP contribution in [0.25, 0.3) is 0 Å². The molecule has 0 saturated carbocycles. The largest absolute Gasteiger partial charge is 0.497 e. The number of aryl methyl sites for hydroxylation is 2. The van der Waals surface area contributed by atoms with Crippen LogP contribution in [0, 0.1) is 24.0 Å². The standard InChI is InChI=1S/C20H23N3O6S/c1-13-6-8-15(23(25)26)11-17(13)21-20(24)18-5-4-10-22(18)30(27,28)19-12-16(29-3)9-7-14(19)2/h6-9,11-12,18H,4-5,10H2,1-3H3,(H,21,24)/t18-/m0/s1. The van der Waals surface area contributed by atoms with E-state index in [1.807, 2.05) is 0 Å². The predicted molar refractivity (Wildman–Crippen MR) is 111 cm³/mol. The average molecular weight is 433 g/mol. The molecule has 0 bridgehead atoms. The summed E-state index contributed by atoms with van der Waals surface area (Å²) in [5.74, 6) is -0.105. The van der Waals surface area contributed by atoms with Crippen LogP contribution in [0.1, 0.15) is 24.0 Å². The van der Waals surface area contributed by atoms with Crippen LogP contribution >= 0.6 is 0 Å². The molecule has 160 valence electrons. The third-order valence-electron chi connectivity index (χ3n) is 5.18. The van der Waals surface area contributed by atoms with Crippen LogP contribution < -0.4 is 10.1 Å². The van der Waals surface area contributed by atoms with Gasteiger partial charge in [0.2, 0.25) is 15.9 Å². The lowest BCUT2D eigenvalue weighted by atomic mass is 10.1. The molecule has 0 radical (unpaired) electrons. The molecule has 0 unspecified atom stereocenters. The lowest BCUT2D eigenvalue weighted by Crippen LogP contribution is -2.43. The number of hydrogen-bond donors (Lipinski definition) is 1. The highest BCUT2D eigenvalue weighted by molar-refractivity contribution is 7.89. The van der Waals surface area contributed by atoms with E-state index in [-0.39, 0.29) is 22.8 Å². The van der Waals surface area contributed by atoms with Crippen LogP contribution in [0.5, 0.6) is 5.75 Å². The average Bonchev–Trinajstić information content (AvgIpc) is 3.20. The number of rotatable bonds is 6. The lowest BCUT2D eigenvalue weighted by molar-refractivity contribution is -0.384. The number of carbonyl (C=O) groups excluding carboxylic acids is 1. The molecule has 1 N–H and O–H groups in total. The van der Waals surface area contributed by atoms with Gasteiger partial charge in [0.05, 0.1) is 22.6 Å². The first-order chi connectivity index (χ1) is 14.1. The number of carbonyl (C=O) groups is 1. The fourth-order valence-electron chi connectivity index (χ4n) is 3.48. The highest BCUT2D eigenvalue weighted by atomic mass is 32.2. The van der Waals surface area contributed by atoms with Crippen molar-refractivity contribution < 1.29 is 22.9 Å². The van der Waals surface area contributed by atoms with Crippen LogP contribution in [0.2, 0.25) is 0 Å². The Balaban J connectivity index is 1.90. The lowest BCUT2D eigenvalue weighted by Gasteiger charge is -2.24. The summed E-state index contributed by atoms with van der Waals surface area (Å²) in [6.45, 7) is 3.61. The number of anilines is 1. The number of amides is 1. The highest BCUT2D eigenvalue weighted by Crippen LogP contribution is 2.31. The van der Waals surface area contributed by atoms with E-state index in [9.17, 15) is 23.3 Å². The molecule has 1 aliphatic rings. The second kappa shape index (κ2) is 8.41. The smallest absolute Gasteiger partial charge is 0.271 e. The first kappa shape index (κ1) is 21.7. The molecule has 0 spiro atoms. The molecule has 1 fully saturated rings. The molecule has 0 aliphatic carbocycles. The van der Waals surface area contributed by atoms with E-state index in [2.05, 4.69) is 5.32 Å². The first-order valence-corrected chi connectivity index (χ1v) is 10.8. The van der Waals surface area contributed by atoms with Crippen LogP contribution in [0.4, 0.5) is 11.4 Å². The molecule has 1 aliphatic heterocycles. The molecule has 0 aromatic heterocycles. The molecular formula is C20H23N3O6S. The molecule has 1 amide bonds. The van der Waals surface area contributed by atoms with E-state index in [4.69, 9.17) is 4.74 Å². The fraction of sp³-hybridized carbons (Fsp3) is 0.350. The van der Waals surface area contributed by atoms with Crippen molar-refractivity contribution in [2.45, 2.75) is 37.6 Å². The Kier molecular flexibility index (Phi) is 6.09. The molecule has 3 rings (SSSR count). The van der Waals surface area contributed by atoms with Crippen molar-refractivity contribution in [2.75, 3.05) is 19.0 Å². The van der Waals surface area contributed by atoms with Gasteiger partial charge in [-0.3, -0.25) is 14.9 Å². The Bertz CT molecular complexity index is 1100. The Hall–Kier alpha value is -2.98. The summed E-state index contributed by atoms with van der Waals surface area (Å²) < 4.78 is 32.9. The van der Waals surface area contributed by atoms with E-state index >= 15 is 0 Å². The predicted octanol–water partition coefficient (Wildman–Crippen LogP) is 3.01. The van der Waals surface area contributed by atoms with Crippen molar-refractivity contribution in [2.24, 2.45) is 0 Å². The SMILES string of the molecule is COc1ccc(C)c(S(=O)(=O)N2CCC[C@H]2C(=O)Nc2cc([N+](=O)[O-])ccc2C)c1. The summed E-state index contributed by atoms with van der Waals surface area (Å²) in [6.07, 6.45) is 0.899. The molecule has 2 aromatic rings. The van der Waals surface area contributed by atoms with Gasteiger partial charge in [0.15, 0.2) is 0 Å². The molecule has 1 saturated heterocycles. The van der Waals surface area contributed by atoms with Gasteiger partial charge in [-0.2, -0.15) is 4.31 Å². The zero-order chi connectivity index (χ0) is 22.1. The van der Waals surface area contributed by atoms with Crippen LogP contribution in [0.15, 0.2) is 41.3 Å². The van der Waals surface area contributed by atoms with Gasteiger partial charge < -0.3 is 10.1 Å². The minimum Gasteiger partial charge on any atom is -0.497 e. The summed E-state index contributed by atoms with van der Waals surface area (Å²) in [5, 5.41) is 13.7. The summed E-state index contributed by atoms with van der Waals surface area (Å²) in [5.41, 5.74) is 1.33. The molecule has 2 aromatic carbocycles. The topological polar surface area (TPSA) is 119 Å². The second-order valence-electron chi connectivity index (χ2n) is 7.15. The quantitative estimate of drug-likeness (QED) is 0.552. The zero-order valence-electron chi connectivity index (χ0n) is 16.9. The second-order valence-corrected chi connectivity index (χ2v) is 9.01. The normalized spacial score (nSPS) is 17.0. The monoisotopic (exact) mass is 433 g/mol. The van der Waals surface area contributed by atoms with E-state index < -0.39 is 26.9 Å². The molecule has 10 heteroatoms. The van der Waals surface area contributed by atoms with Crippen molar-refractivity contribution in [1.82, 2.24) is 4.31 Å². The third kappa shape index (κ3) is 4.14. The highest BCUT2D eigenvalue weighted by Gasteiger charge is 2.40. The Morgan fingerprint density at radius 2 is 1.90 bits per heavy atom. The van der Waals surface area contributed by atoms with Gasteiger partial charge in [0.25, 0.3) is 5.69 Å². The molecule has 1 heterocycles. The van der Waals surface area contributed by atoms with E-state index in [0.29, 0.717) is 29.7 Å². The van der Waals surface area contributed by atoms with Crippen molar-refractivity contribution >= 4 is 27.3 Å². The fourth-order valence-corrected chi connectivity index (χ4v) is 5.37. The number of non-ortho nitro benzene ring substituents is 1. The van der Waals surface area contributed by atoms with Gasteiger partial charge >= 0.3 is 0 Å². The third-order valence-corrected chi connectivity index (χ3v) is 7.23. The number of methoxy groups -OCH3 is 1. The van der Waals surface area contributed by atoms with E-state index in [1.165, 1.54) is 35.7 Å². The van der Waals surface area contributed by atoms with Crippen LogP contribution in [-0.4, -0.2) is 43.2 Å². The maximum Gasteiger partial charge on any atom is 0.271 e. The summed E-state index contributed by atoms with van der Waals surface area (Å²) >= 11 is 0. The molecule has 1 atom stereocenters. The van der Waals surface area contributed by atoms with E-state index in [1.54, 1.807) is 26.0 Å². The van der Waals surface area contributed by atoms with Crippen molar-refractivity contribution in [3.05, 3.63) is 57.6 Å². The van der Waals surface area contributed by atoms with Gasteiger partial charge in [0, 0.05) is 24.7 Å². The zero-order valence-corrected chi connectivity index (χ0v) is 17.7. The molecule has 30 heavy (non-hydrogen) atoms. The van der Waals surface area contributed by atoms with Crippen molar-refractivity contribution in [1.29, 1.82) is 0 Å². The van der Waals surface area contributed by atoms with Gasteiger partial charge in [-0.25, -0.2) is 8.42 Å². The minimum absolute atomic E-state index is 0.0908. The Labute approximate surface area is 174 Å². The van der Waals surface area contributed by atoms with Gasteiger partial charge in [-0.1, -0.05) is 12.1 Å². The molecular weight excluding hydrogens is 410 g/mol. The van der Waals surface area contributed by atoms with Crippen molar-refractivity contribution in [3.63, 3.8) is 0 Å². The number of nitro benzene ring substituents is 1. The number of sulfonamides is 1. The van der Waals surface area contributed by atoms with Crippen molar-refractivity contribution in [3.8, 4) is 5.75 Å². The summed E-state index contributed by atoms with van der Waals surface area (Å²) in [7, 11) is -2.48. The summed E-state index contributed by atoms with van der Waals surface area (Å²) in [6, 6.07) is 8.03.